The summed E-state index contributed by atoms with van der Waals surface area (Å²) < 4.78 is 26.0. The Kier molecular flexibility index (Phi) is 3.88. The van der Waals surface area contributed by atoms with E-state index in [1.165, 1.54) is 19.1 Å². The number of hydrogen-bond donors (Lipinski definition) is 3. The van der Waals surface area contributed by atoms with Crippen LogP contribution in [0.1, 0.15) is 6.92 Å². The first-order chi connectivity index (χ1) is 8.99. The van der Waals surface area contributed by atoms with Crippen molar-refractivity contribution in [2.24, 2.45) is 0 Å². The smallest absolute Gasteiger partial charge is 0.240 e. The molecule has 0 saturated carbocycles. The first-order valence-corrected chi connectivity index (χ1v) is 6.99. The largest absolute Gasteiger partial charge is 0.392 e. The van der Waals surface area contributed by atoms with Gasteiger partial charge in [0.15, 0.2) is 0 Å². The Morgan fingerprint density at radius 1 is 1.37 bits per heavy atom. The Labute approximate surface area is 109 Å². The third kappa shape index (κ3) is 3.34. The van der Waals surface area contributed by atoms with Crippen molar-refractivity contribution in [2.75, 3.05) is 6.54 Å². The third-order valence-electron chi connectivity index (χ3n) is 2.34. The van der Waals surface area contributed by atoms with Gasteiger partial charge in [0, 0.05) is 12.1 Å². The molecule has 19 heavy (non-hydrogen) atoms. The summed E-state index contributed by atoms with van der Waals surface area (Å²) in [7, 11) is -3.62. The predicted octanol–water partition coefficient (Wildman–Crippen LogP) is -0.474. The van der Waals surface area contributed by atoms with Gasteiger partial charge in [0.25, 0.3) is 0 Å². The Hall–Kier alpha value is -1.84. The molecular formula is C10H13N5O3S. The summed E-state index contributed by atoms with van der Waals surface area (Å²) in [5, 5.41) is 22.4. The lowest BCUT2D eigenvalue weighted by molar-refractivity contribution is 0.198. The number of nitrogens with zero attached hydrogens (tertiary/aromatic N) is 3. The van der Waals surface area contributed by atoms with Gasteiger partial charge in [-0.05, 0) is 36.4 Å². The van der Waals surface area contributed by atoms with Crippen molar-refractivity contribution in [3.8, 4) is 11.4 Å². The number of aliphatic hydroxyl groups is 1. The van der Waals surface area contributed by atoms with E-state index in [-0.39, 0.29) is 11.4 Å². The Morgan fingerprint density at radius 2 is 2.05 bits per heavy atom. The SMILES string of the molecule is CC(O)CNS(=O)(=O)c1ccc(-c2nn[nH]n2)cc1. The number of nitrogens with one attached hydrogen (secondary N) is 2. The van der Waals surface area contributed by atoms with Crippen LogP contribution in [0.4, 0.5) is 0 Å². The number of aromatic nitrogens is 4. The molecule has 2 rings (SSSR count). The predicted molar refractivity (Wildman–Crippen MR) is 66.5 cm³/mol. The molecule has 0 fully saturated rings. The third-order valence-corrected chi connectivity index (χ3v) is 3.78. The topological polar surface area (TPSA) is 121 Å². The van der Waals surface area contributed by atoms with Crippen LogP contribution in [-0.4, -0.2) is 46.8 Å². The Bertz CT molecular complexity index is 622. The minimum atomic E-state index is -3.62. The van der Waals surface area contributed by atoms with Crippen LogP contribution in [0, 0.1) is 0 Å². The molecule has 0 bridgehead atoms. The van der Waals surface area contributed by atoms with Gasteiger partial charge in [-0.3, -0.25) is 0 Å². The van der Waals surface area contributed by atoms with Crippen LogP contribution in [0.15, 0.2) is 29.2 Å². The van der Waals surface area contributed by atoms with Crippen LogP contribution >= 0.6 is 0 Å². The van der Waals surface area contributed by atoms with E-state index in [1.54, 1.807) is 12.1 Å². The van der Waals surface area contributed by atoms with Crippen molar-refractivity contribution < 1.29 is 13.5 Å². The van der Waals surface area contributed by atoms with E-state index in [4.69, 9.17) is 5.11 Å². The molecule has 1 aromatic carbocycles. The average molecular weight is 283 g/mol. The van der Waals surface area contributed by atoms with E-state index in [0.29, 0.717) is 11.4 Å². The van der Waals surface area contributed by atoms with Crippen LogP contribution in [0.25, 0.3) is 11.4 Å². The fourth-order valence-corrected chi connectivity index (χ4v) is 2.50. The Balaban J connectivity index is 2.18. The second kappa shape index (κ2) is 5.43. The minimum Gasteiger partial charge on any atom is -0.392 e. The molecule has 0 saturated heterocycles. The molecule has 0 amide bonds. The monoisotopic (exact) mass is 283 g/mol. The lowest BCUT2D eigenvalue weighted by Gasteiger charge is -2.08. The Morgan fingerprint density at radius 3 is 2.58 bits per heavy atom. The first-order valence-electron chi connectivity index (χ1n) is 5.50. The van der Waals surface area contributed by atoms with Crippen molar-refractivity contribution in [1.82, 2.24) is 25.3 Å². The van der Waals surface area contributed by atoms with Crippen LogP contribution in [0.3, 0.4) is 0 Å². The number of tetrazole rings is 1. The van der Waals surface area contributed by atoms with Gasteiger partial charge in [-0.25, -0.2) is 13.1 Å². The maximum Gasteiger partial charge on any atom is 0.240 e. The quantitative estimate of drug-likeness (QED) is 0.682. The number of H-pyrrole nitrogens is 1. The molecule has 102 valence electrons. The van der Waals surface area contributed by atoms with E-state index in [0.717, 1.165) is 0 Å². The summed E-state index contributed by atoms with van der Waals surface area (Å²) in [6.45, 7) is 1.47. The fourth-order valence-electron chi connectivity index (χ4n) is 1.38. The molecule has 0 aliphatic heterocycles. The zero-order valence-corrected chi connectivity index (χ0v) is 10.9. The summed E-state index contributed by atoms with van der Waals surface area (Å²) in [5.41, 5.74) is 0.656. The normalized spacial score (nSPS) is 13.4. The molecule has 1 unspecified atom stereocenters. The van der Waals surface area contributed by atoms with Crippen molar-refractivity contribution in [3.63, 3.8) is 0 Å². The zero-order valence-electron chi connectivity index (χ0n) is 10.1. The molecule has 1 aromatic heterocycles. The zero-order chi connectivity index (χ0) is 13.9. The maximum atomic E-state index is 11.9. The molecule has 1 atom stereocenters. The molecule has 9 heteroatoms. The highest BCUT2D eigenvalue weighted by molar-refractivity contribution is 7.89. The summed E-state index contributed by atoms with van der Waals surface area (Å²) >= 11 is 0. The van der Waals surface area contributed by atoms with Crippen molar-refractivity contribution in [2.45, 2.75) is 17.9 Å². The molecule has 0 radical (unpaired) electrons. The number of hydrogen-bond acceptors (Lipinski definition) is 6. The van der Waals surface area contributed by atoms with Crippen LogP contribution in [0.2, 0.25) is 0 Å². The van der Waals surface area contributed by atoms with Gasteiger partial charge >= 0.3 is 0 Å². The van der Waals surface area contributed by atoms with E-state index in [2.05, 4.69) is 25.3 Å². The highest BCUT2D eigenvalue weighted by Crippen LogP contribution is 2.16. The fraction of sp³-hybridized carbons (Fsp3) is 0.300. The second-order valence-electron chi connectivity index (χ2n) is 3.96. The number of benzene rings is 1. The van der Waals surface area contributed by atoms with E-state index in [9.17, 15) is 8.42 Å². The summed E-state index contributed by atoms with van der Waals surface area (Å²) in [4.78, 5) is 0.111. The first kappa shape index (κ1) is 13.6. The molecular weight excluding hydrogens is 270 g/mol. The van der Waals surface area contributed by atoms with Gasteiger partial charge in [-0.2, -0.15) is 5.21 Å². The lowest BCUT2D eigenvalue weighted by Crippen LogP contribution is -2.30. The van der Waals surface area contributed by atoms with E-state index >= 15 is 0 Å². The van der Waals surface area contributed by atoms with Gasteiger partial charge in [-0.15, -0.1) is 10.2 Å². The minimum absolute atomic E-state index is 0.0328. The van der Waals surface area contributed by atoms with Gasteiger partial charge in [-0.1, -0.05) is 0 Å². The van der Waals surface area contributed by atoms with Crippen LogP contribution < -0.4 is 4.72 Å². The summed E-state index contributed by atoms with van der Waals surface area (Å²) in [6, 6.07) is 6.05. The van der Waals surface area contributed by atoms with Gasteiger partial charge in [0.05, 0.1) is 11.0 Å². The maximum absolute atomic E-state index is 11.9. The van der Waals surface area contributed by atoms with Gasteiger partial charge < -0.3 is 5.11 Å². The highest BCUT2D eigenvalue weighted by atomic mass is 32.2. The molecule has 3 N–H and O–H groups in total. The number of rotatable bonds is 5. The molecule has 0 spiro atoms. The summed E-state index contributed by atoms with van der Waals surface area (Å²) in [6.07, 6.45) is -0.742. The number of aromatic amines is 1. The van der Waals surface area contributed by atoms with Crippen molar-refractivity contribution in [3.05, 3.63) is 24.3 Å². The molecule has 0 aliphatic rings. The molecule has 8 nitrogen and oxygen atoms in total. The number of aliphatic hydroxyl groups excluding tert-OH is 1. The van der Waals surface area contributed by atoms with Crippen LogP contribution in [-0.2, 0) is 10.0 Å². The lowest BCUT2D eigenvalue weighted by atomic mass is 10.2. The average Bonchev–Trinajstić information content (AvgIpc) is 2.91. The van der Waals surface area contributed by atoms with Gasteiger partial charge in [0.1, 0.15) is 0 Å². The van der Waals surface area contributed by atoms with Crippen molar-refractivity contribution >= 4 is 10.0 Å². The second-order valence-corrected chi connectivity index (χ2v) is 5.73. The van der Waals surface area contributed by atoms with E-state index in [1.807, 2.05) is 0 Å². The van der Waals surface area contributed by atoms with Crippen LogP contribution in [0.5, 0.6) is 0 Å². The standard InChI is InChI=1S/C10H13N5O3S/c1-7(16)6-11-19(17,18)9-4-2-8(3-5-9)10-12-14-15-13-10/h2-5,7,11,16H,6H2,1H3,(H,12,13,14,15). The molecule has 2 aromatic rings. The highest BCUT2D eigenvalue weighted by Gasteiger charge is 2.14. The molecule has 1 heterocycles. The molecule has 0 aliphatic carbocycles. The van der Waals surface area contributed by atoms with Crippen molar-refractivity contribution in [1.29, 1.82) is 0 Å². The number of sulfonamides is 1. The van der Waals surface area contributed by atoms with E-state index < -0.39 is 16.1 Å². The summed E-state index contributed by atoms with van der Waals surface area (Å²) in [5.74, 6) is 0.390. The van der Waals surface area contributed by atoms with Gasteiger partial charge in [0.2, 0.25) is 15.8 Å².